The summed E-state index contributed by atoms with van der Waals surface area (Å²) in [6.07, 6.45) is 0. The summed E-state index contributed by atoms with van der Waals surface area (Å²) in [7, 11) is 1.41. The number of hydrogen-bond acceptors (Lipinski definition) is 4. The van der Waals surface area contributed by atoms with Crippen molar-refractivity contribution in [3.05, 3.63) is 101 Å². The molecule has 1 atom stereocenters. The molecule has 1 fully saturated rings. The maximum atomic E-state index is 13.9. The number of benzene rings is 3. The second-order valence-corrected chi connectivity index (χ2v) is 6.90. The fourth-order valence-corrected chi connectivity index (χ4v) is 3.67. The number of ketones is 1. The predicted molar refractivity (Wildman–Crippen MR) is 111 cm³/mol. The molecule has 1 N–H and O–H groups in total. The van der Waals surface area contributed by atoms with Gasteiger partial charge in [-0.2, -0.15) is 0 Å². The first-order chi connectivity index (χ1) is 14.9. The molecule has 1 heterocycles. The number of ether oxygens (including phenoxy) is 1. The number of nitrogens with zero attached hydrogens (tertiary/aromatic N) is 1. The van der Waals surface area contributed by atoms with Gasteiger partial charge in [0.2, 0.25) is 0 Å². The highest BCUT2D eigenvalue weighted by Crippen LogP contribution is 2.43. The van der Waals surface area contributed by atoms with Crippen LogP contribution in [0.5, 0.6) is 5.75 Å². The molecule has 1 unspecified atom stereocenters. The molecule has 31 heavy (non-hydrogen) atoms. The van der Waals surface area contributed by atoms with Gasteiger partial charge < -0.3 is 9.84 Å². The average Bonchev–Trinajstić information content (AvgIpc) is 3.04. The second kappa shape index (κ2) is 8.02. The third kappa shape index (κ3) is 3.54. The number of hydrogen-bond donors (Lipinski definition) is 1. The number of para-hydroxylation sites is 1. The van der Waals surface area contributed by atoms with Crippen LogP contribution < -0.4 is 9.64 Å². The fourth-order valence-electron chi connectivity index (χ4n) is 3.67. The smallest absolute Gasteiger partial charge is 0.300 e. The van der Waals surface area contributed by atoms with Crippen molar-refractivity contribution >= 4 is 23.1 Å². The minimum absolute atomic E-state index is 0.135. The summed E-state index contributed by atoms with van der Waals surface area (Å²) >= 11 is 0. The number of aliphatic hydroxyl groups is 1. The number of methoxy groups -OCH3 is 1. The van der Waals surface area contributed by atoms with E-state index in [0.717, 1.165) is 11.0 Å². The predicted octanol–water partition coefficient (Wildman–Crippen LogP) is 4.60. The van der Waals surface area contributed by atoms with Crippen LogP contribution in [0.3, 0.4) is 0 Å². The number of aliphatic hydroxyl groups excluding tert-OH is 1. The minimum Gasteiger partial charge on any atom is -0.507 e. The Morgan fingerprint density at radius 2 is 1.65 bits per heavy atom. The monoisotopic (exact) mass is 421 g/mol. The Kier molecular flexibility index (Phi) is 5.25. The van der Waals surface area contributed by atoms with Crippen LogP contribution in [0.2, 0.25) is 0 Å². The SMILES string of the molecule is COc1ccccc1/C(O)=C1\C(=O)C(=O)N(c2cccc(F)c2)C1c1ccc(F)cc1. The van der Waals surface area contributed by atoms with E-state index in [4.69, 9.17) is 4.74 Å². The van der Waals surface area contributed by atoms with Crippen LogP contribution in [-0.2, 0) is 9.59 Å². The molecule has 0 aromatic heterocycles. The normalized spacial score (nSPS) is 17.8. The first-order valence-electron chi connectivity index (χ1n) is 9.38. The Labute approximate surface area is 176 Å². The highest BCUT2D eigenvalue weighted by Gasteiger charge is 2.47. The van der Waals surface area contributed by atoms with Gasteiger partial charge in [0.1, 0.15) is 23.1 Å². The van der Waals surface area contributed by atoms with Crippen molar-refractivity contribution in [1.29, 1.82) is 0 Å². The summed E-state index contributed by atoms with van der Waals surface area (Å²) in [5, 5.41) is 11.1. The summed E-state index contributed by atoms with van der Waals surface area (Å²) in [6, 6.07) is 15.8. The lowest BCUT2D eigenvalue weighted by molar-refractivity contribution is -0.132. The number of rotatable bonds is 4. The van der Waals surface area contributed by atoms with Crippen molar-refractivity contribution in [2.45, 2.75) is 6.04 Å². The molecule has 7 heteroatoms. The van der Waals surface area contributed by atoms with Gasteiger partial charge in [-0.3, -0.25) is 14.5 Å². The van der Waals surface area contributed by atoms with Crippen LogP contribution >= 0.6 is 0 Å². The van der Waals surface area contributed by atoms with E-state index >= 15 is 0 Å². The van der Waals surface area contributed by atoms with Gasteiger partial charge in [-0.25, -0.2) is 8.78 Å². The largest absolute Gasteiger partial charge is 0.507 e. The number of carbonyl (C=O) groups is 2. The second-order valence-electron chi connectivity index (χ2n) is 6.90. The topological polar surface area (TPSA) is 66.8 Å². The van der Waals surface area contributed by atoms with E-state index in [0.29, 0.717) is 11.3 Å². The van der Waals surface area contributed by atoms with Crippen LogP contribution in [-0.4, -0.2) is 23.9 Å². The summed E-state index contributed by atoms with van der Waals surface area (Å²) in [5.41, 5.74) is 0.525. The lowest BCUT2D eigenvalue weighted by Crippen LogP contribution is -2.29. The Morgan fingerprint density at radius 3 is 2.32 bits per heavy atom. The molecular formula is C24H17F2NO4. The zero-order valence-electron chi connectivity index (χ0n) is 16.4. The molecule has 3 aromatic carbocycles. The van der Waals surface area contributed by atoms with Gasteiger partial charge >= 0.3 is 0 Å². The third-order valence-electron chi connectivity index (χ3n) is 5.08. The van der Waals surface area contributed by atoms with Gasteiger partial charge in [-0.05, 0) is 48.0 Å². The van der Waals surface area contributed by atoms with Gasteiger partial charge in [-0.1, -0.05) is 30.3 Å². The van der Waals surface area contributed by atoms with Crippen molar-refractivity contribution in [2.24, 2.45) is 0 Å². The quantitative estimate of drug-likeness (QED) is 0.380. The molecule has 3 aromatic rings. The molecule has 5 nitrogen and oxygen atoms in total. The van der Waals surface area contributed by atoms with Gasteiger partial charge in [0.15, 0.2) is 0 Å². The highest BCUT2D eigenvalue weighted by atomic mass is 19.1. The maximum absolute atomic E-state index is 13.9. The van der Waals surface area contributed by atoms with E-state index in [2.05, 4.69) is 0 Å². The van der Waals surface area contributed by atoms with E-state index in [9.17, 15) is 23.5 Å². The Bertz CT molecular complexity index is 1200. The van der Waals surface area contributed by atoms with Crippen molar-refractivity contribution in [3.8, 4) is 5.75 Å². The zero-order chi connectivity index (χ0) is 22.1. The molecule has 0 saturated carbocycles. The van der Waals surface area contributed by atoms with E-state index in [1.807, 2.05) is 0 Å². The van der Waals surface area contributed by atoms with E-state index < -0.39 is 35.1 Å². The Morgan fingerprint density at radius 1 is 0.935 bits per heavy atom. The summed E-state index contributed by atoms with van der Waals surface area (Å²) in [5.74, 6) is -3.12. The van der Waals surface area contributed by atoms with Crippen molar-refractivity contribution < 1.29 is 28.2 Å². The summed E-state index contributed by atoms with van der Waals surface area (Å²) in [4.78, 5) is 27.1. The number of amides is 1. The van der Waals surface area contributed by atoms with Gasteiger partial charge in [-0.15, -0.1) is 0 Å². The summed E-state index contributed by atoms with van der Waals surface area (Å²) < 4.78 is 32.7. The first kappa shape index (κ1) is 20.3. The van der Waals surface area contributed by atoms with Crippen LogP contribution in [0.25, 0.3) is 5.76 Å². The fraction of sp³-hybridized carbons (Fsp3) is 0.0833. The molecule has 1 saturated heterocycles. The number of halogens is 2. The highest BCUT2D eigenvalue weighted by molar-refractivity contribution is 6.51. The van der Waals surface area contributed by atoms with Crippen LogP contribution in [0, 0.1) is 11.6 Å². The molecule has 1 amide bonds. The van der Waals surface area contributed by atoms with Crippen LogP contribution in [0.4, 0.5) is 14.5 Å². The molecule has 4 rings (SSSR count). The molecule has 0 spiro atoms. The zero-order valence-corrected chi connectivity index (χ0v) is 16.4. The number of Topliss-reactive ketones (excluding diaryl/α,β-unsaturated/α-hetero) is 1. The summed E-state index contributed by atoms with van der Waals surface area (Å²) in [6.45, 7) is 0. The van der Waals surface area contributed by atoms with E-state index in [1.165, 1.54) is 49.6 Å². The average molecular weight is 421 g/mol. The lowest BCUT2D eigenvalue weighted by Gasteiger charge is -2.25. The molecule has 0 aliphatic carbocycles. The van der Waals surface area contributed by atoms with Crippen LogP contribution in [0.15, 0.2) is 78.4 Å². The van der Waals surface area contributed by atoms with Crippen LogP contribution in [0.1, 0.15) is 17.2 Å². The van der Waals surface area contributed by atoms with E-state index in [1.54, 1.807) is 24.3 Å². The third-order valence-corrected chi connectivity index (χ3v) is 5.08. The lowest BCUT2D eigenvalue weighted by atomic mass is 9.95. The first-order valence-corrected chi connectivity index (χ1v) is 9.38. The van der Waals surface area contributed by atoms with Crippen molar-refractivity contribution in [3.63, 3.8) is 0 Å². The van der Waals surface area contributed by atoms with E-state index in [-0.39, 0.29) is 16.8 Å². The van der Waals surface area contributed by atoms with Gasteiger partial charge in [0.05, 0.1) is 24.3 Å². The molecule has 0 bridgehead atoms. The maximum Gasteiger partial charge on any atom is 0.300 e. The Balaban J connectivity index is 1.98. The molecule has 156 valence electrons. The van der Waals surface area contributed by atoms with Gasteiger partial charge in [0.25, 0.3) is 11.7 Å². The number of anilines is 1. The minimum atomic E-state index is -1.09. The van der Waals surface area contributed by atoms with Crippen molar-refractivity contribution in [2.75, 3.05) is 12.0 Å². The molecule has 0 radical (unpaired) electrons. The number of carbonyl (C=O) groups excluding carboxylic acids is 2. The molecule has 1 aliphatic heterocycles. The standard InChI is InChI=1S/C24H17F2NO4/c1-31-19-8-3-2-7-18(19)22(28)20-21(14-9-11-15(25)12-10-14)27(24(30)23(20)29)17-6-4-5-16(26)13-17/h2-13,21,28H,1H3/b22-20+. The van der Waals surface area contributed by atoms with Gasteiger partial charge in [0, 0.05) is 5.69 Å². The Hall–Kier alpha value is -4.00. The van der Waals surface area contributed by atoms with Crippen molar-refractivity contribution in [1.82, 2.24) is 0 Å². The molecule has 1 aliphatic rings. The molecular weight excluding hydrogens is 404 g/mol.